The average Bonchev–Trinajstić information content (AvgIpc) is 2.80. The summed E-state index contributed by atoms with van der Waals surface area (Å²) < 4.78 is 16.0. The van der Waals surface area contributed by atoms with Gasteiger partial charge in [-0.05, 0) is 48.0 Å². The zero-order chi connectivity index (χ0) is 22.1. The quantitative estimate of drug-likeness (QED) is 0.248. The average molecular weight is 439 g/mol. The van der Waals surface area contributed by atoms with Crippen LogP contribution in [0.4, 0.5) is 0 Å². The number of hydrogen-bond donors (Lipinski definition) is 1. The molecule has 3 aromatic rings. The minimum absolute atomic E-state index is 0.237. The summed E-state index contributed by atoms with van der Waals surface area (Å²) in [6.45, 7) is -0.237. The van der Waals surface area contributed by atoms with Gasteiger partial charge in [-0.2, -0.15) is 5.10 Å². The van der Waals surface area contributed by atoms with Gasteiger partial charge in [-0.1, -0.05) is 41.9 Å². The first-order valence-electron chi connectivity index (χ1n) is 9.21. The van der Waals surface area contributed by atoms with Crippen LogP contribution in [0.3, 0.4) is 0 Å². The zero-order valence-corrected chi connectivity index (χ0v) is 17.3. The van der Waals surface area contributed by atoms with Gasteiger partial charge in [-0.25, -0.2) is 10.2 Å². The van der Waals surface area contributed by atoms with Crippen LogP contribution in [0.2, 0.25) is 5.02 Å². The van der Waals surface area contributed by atoms with E-state index in [9.17, 15) is 9.59 Å². The Bertz CT molecular complexity index is 1090. The van der Waals surface area contributed by atoms with Crippen molar-refractivity contribution in [2.45, 2.75) is 0 Å². The molecule has 0 spiro atoms. The van der Waals surface area contributed by atoms with E-state index in [1.807, 2.05) is 6.07 Å². The van der Waals surface area contributed by atoms with Crippen LogP contribution >= 0.6 is 11.6 Å². The number of benzene rings is 3. The minimum atomic E-state index is -0.494. The number of para-hydroxylation sites is 1. The van der Waals surface area contributed by atoms with Gasteiger partial charge in [-0.3, -0.25) is 4.79 Å². The van der Waals surface area contributed by atoms with E-state index in [0.29, 0.717) is 27.6 Å². The molecule has 0 bridgehead atoms. The van der Waals surface area contributed by atoms with Crippen LogP contribution in [0.1, 0.15) is 15.9 Å². The first-order chi connectivity index (χ1) is 15.1. The maximum atomic E-state index is 12.2. The highest BCUT2D eigenvalue weighted by Gasteiger charge is 2.12. The molecule has 1 N–H and O–H groups in total. The molecule has 0 aliphatic heterocycles. The molecule has 7 nitrogen and oxygen atoms in total. The fourth-order valence-corrected chi connectivity index (χ4v) is 2.69. The van der Waals surface area contributed by atoms with Crippen molar-refractivity contribution in [1.82, 2.24) is 5.43 Å². The predicted molar refractivity (Wildman–Crippen MR) is 117 cm³/mol. The van der Waals surface area contributed by atoms with Crippen LogP contribution in [-0.4, -0.2) is 31.8 Å². The number of halogens is 1. The van der Waals surface area contributed by atoms with E-state index in [0.717, 1.165) is 0 Å². The molecule has 1 amide bonds. The van der Waals surface area contributed by atoms with Crippen LogP contribution in [0, 0.1) is 0 Å². The number of carbonyl (C=O) groups is 2. The van der Waals surface area contributed by atoms with Gasteiger partial charge in [0.15, 0.2) is 18.1 Å². The minimum Gasteiger partial charge on any atom is -0.493 e. The first-order valence-corrected chi connectivity index (χ1v) is 9.59. The molecule has 0 aliphatic rings. The first kappa shape index (κ1) is 21.9. The number of methoxy groups -OCH3 is 1. The molecule has 0 heterocycles. The predicted octanol–water partition coefficient (Wildman–Crippen LogP) is 4.10. The summed E-state index contributed by atoms with van der Waals surface area (Å²) in [6, 6.07) is 20.4. The molecule has 0 fully saturated rings. The molecule has 0 aliphatic carbocycles. The van der Waals surface area contributed by atoms with Crippen molar-refractivity contribution in [2.24, 2.45) is 5.10 Å². The number of esters is 1. The fraction of sp³-hybridized carbons (Fsp3) is 0.0870. The maximum Gasteiger partial charge on any atom is 0.343 e. The third-order valence-electron chi connectivity index (χ3n) is 4.00. The number of ether oxygens (including phenoxy) is 3. The number of nitrogens with one attached hydrogen (secondary N) is 1. The van der Waals surface area contributed by atoms with Gasteiger partial charge < -0.3 is 14.2 Å². The van der Waals surface area contributed by atoms with Crippen molar-refractivity contribution in [3.63, 3.8) is 0 Å². The van der Waals surface area contributed by atoms with E-state index in [-0.39, 0.29) is 12.4 Å². The molecule has 3 aromatic carbocycles. The fourth-order valence-electron chi connectivity index (χ4n) is 2.50. The number of hydrazone groups is 1. The lowest BCUT2D eigenvalue weighted by molar-refractivity contribution is -0.123. The second-order valence-electron chi connectivity index (χ2n) is 6.18. The van der Waals surface area contributed by atoms with Crippen molar-refractivity contribution in [2.75, 3.05) is 13.7 Å². The molecule has 31 heavy (non-hydrogen) atoms. The van der Waals surface area contributed by atoms with Crippen molar-refractivity contribution in [3.8, 4) is 17.2 Å². The highest BCUT2D eigenvalue weighted by Crippen LogP contribution is 2.28. The van der Waals surface area contributed by atoms with E-state index >= 15 is 0 Å². The Morgan fingerprint density at radius 1 is 0.968 bits per heavy atom. The third-order valence-corrected chi connectivity index (χ3v) is 4.31. The Morgan fingerprint density at radius 3 is 2.45 bits per heavy atom. The number of hydrogen-bond acceptors (Lipinski definition) is 6. The van der Waals surface area contributed by atoms with E-state index in [1.165, 1.54) is 13.3 Å². The smallest absolute Gasteiger partial charge is 0.343 e. The molecule has 158 valence electrons. The number of amides is 1. The monoisotopic (exact) mass is 438 g/mol. The Balaban J connectivity index is 1.56. The summed E-state index contributed by atoms with van der Waals surface area (Å²) in [5.41, 5.74) is 3.42. The van der Waals surface area contributed by atoms with Crippen molar-refractivity contribution in [3.05, 3.63) is 88.9 Å². The van der Waals surface area contributed by atoms with E-state index in [2.05, 4.69) is 10.5 Å². The van der Waals surface area contributed by atoms with E-state index < -0.39 is 11.9 Å². The zero-order valence-electron chi connectivity index (χ0n) is 16.6. The summed E-state index contributed by atoms with van der Waals surface area (Å²) >= 11 is 5.97. The highest BCUT2D eigenvalue weighted by atomic mass is 35.5. The molecule has 0 aromatic heterocycles. The van der Waals surface area contributed by atoms with Gasteiger partial charge in [0.1, 0.15) is 5.75 Å². The second-order valence-corrected chi connectivity index (χ2v) is 6.59. The van der Waals surface area contributed by atoms with Crippen LogP contribution in [0.15, 0.2) is 77.9 Å². The SMILES string of the molecule is COc1cc(C=NNC(=O)COc2ccccc2Cl)ccc1OC(=O)c1ccccc1. The molecule has 0 saturated heterocycles. The molecule has 0 unspecified atom stereocenters. The van der Waals surface area contributed by atoms with Crippen molar-refractivity contribution < 1.29 is 23.8 Å². The third kappa shape index (κ3) is 6.32. The van der Waals surface area contributed by atoms with Crippen molar-refractivity contribution >= 4 is 29.7 Å². The van der Waals surface area contributed by atoms with Gasteiger partial charge >= 0.3 is 5.97 Å². The standard InChI is InChI=1S/C23H19ClN2O5/c1-29-21-13-16(11-12-20(21)31-23(28)17-7-3-2-4-8-17)14-25-26-22(27)15-30-19-10-6-5-9-18(19)24/h2-14H,15H2,1H3,(H,26,27). The molecular formula is C23H19ClN2O5. The largest absolute Gasteiger partial charge is 0.493 e. The number of nitrogens with zero attached hydrogens (tertiary/aromatic N) is 1. The lowest BCUT2D eigenvalue weighted by Gasteiger charge is -2.10. The topological polar surface area (TPSA) is 86.2 Å². The molecule has 0 radical (unpaired) electrons. The van der Waals surface area contributed by atoms with Gasteiger partial charge in [0, 0.05) is 0 Å². The highest BCUT2D eigenvalue weighted by molar-refractivity contribution is 6.32. The summed E-state index contributed by atoms with van der Waals surface area (Å²) in [5.74, 6) is 0.0867. The Kier molecular flexibility index (Phi) is 7.61. The van der Waals surface area contributed by atoms with Gasteiger partial charge in [-0.15, -0.1) is 0 Å². The lowest BCUT2D eigenvalue weighted by Crippen LogP contribution is -2.24. The molecule has 3 rings (SSSR count). The van der Waals surface area contributed by atoms with Crippen LogP contribution in [0.25, 0.3) is 0 Å². The van der Waals surface area contributed by atoms with Crippen molar-refractivity contribution in [1.29, 1.82) is 0 Å². The van der Waals surface area contributed by atoms with Crippen LogP contribution < -0.4 is 19.6 Å². The summed E-state index contributed by atoms with van der Waals surface area (Å²) in [5, 5.41) is 4.30. The summed E-state index contributed by atoms with van der Waals surface area (Å²) in [4.78, 5) is 24.1. The molecule has 0 saturated carbocycles. The number of carbonyl (C=O) groups excluding carboxylic acids is 2. The van der Waals surface area contributed by atoms with Gasteiger partial charge in [0.2, 0.25) is 0 Å². The van der Waals surface area contributed by atoms with Gasteiger partial charge in [0.25, 0.3) is 5.91 Å². The Labute approximate surface area is 184 Å². The summed E-state index contributed by atoms with van der Waals surface area (Å²) in [6.07, 6.45) is 1.43. The number of rotatable bonds is 8. The van der Waals surface area contributed by atoms with Crippen LogP contribution in [-0.2, 0) is 4.79 Å². The van der Waals surface area contributed by atoms with Gasteiger partial charge in [0.05, 0.1) is 23.9 Å². The molecule has 0 atom stereocenters. The Morgan fingerprint density at radius 2 is 1.71 bits per heavy atom. The lowest BCUT2D eigenvalue weighted by atomic mass is 10.2. The van der Waals surface area contributed by atoms with E-state index in [4.69, 9.17) is 25.8 Å². The van der Waals surface area contributed by atoms with E-state index in [1.54, 1.807) is 66.7 Å². The Hall–Kier alpha value is -3.84. The maximum absolute atomic E-state index is 12.2. The molecule has 8 heteroatoms. The molecular weight excluding hydrogens is 420 g/mol. The summed E-state index contributed by atoms with van der Waals surface area (Å²) in [7, 11) is 1.46. The normalized spacial score (nSPS) is 10.5. The second kappa shape index (κ2) is 10.8. The van der Waals surface area contributed by atoms with Crippen LogP contribution in [0.5, 0.6) is 17.2 Å².